The number of urea groups is 1. The first-order valence-electron chi connectivity index (χ1n) is 8.58. The van der Waals surface area contributed by atoms with Crippen LogP contribution in [0.4, 0.5) is 10.6 Å². The van der Waals surface area contributed by atoms with E-state index in [0.717, 1.165) is 51.6 Å². The summed E-state index contributed by atoms with van der Waals surface area (Å²) >= 11 is 0. The van der Waals surface area contributed by atoms with Crippen molar-refractivity contribution in [2.45, 2.75) is 19.4 Å². The molecule has 3 heterocycles. The Morgan fingerprint density at radius 2 is 2.17 bits per heavy atom. The molecule has 2 fully saturated rings. The van der Waals surface area contributed by atoms with Crippen LogP contribution in [0.25, 0.3) is 0 Å². The Morgan fingerprint density at radius 1 is 1.38 bits per heavy atom. The summed E-state index contributed by atoms with van der Waals surface area (Å²) in [6.07, 6.45) is 1.05. The molecular weight excluding hydrogens is 310 g/mol. The highest BCUT2D eigenvalue weighted by Crippen LogP contribution is 2.22. The predicted molar refractivity (Wildman–Crippen MR) is 90.1 cm³/mol. The van der Waals surface area contributed by atoms with Crippen molar-refractivity contribution in [1.82, 2.24) is 20.0 Å². The number of amides is 2. The van der Waals surface area contributed by atoms with Crippen LogP contribution in [0.1, 0.15) is 12.1 Å². The number of hydrogen-bond donors (Lipinski definition) is 2. The third kappa shape index (κ3) is 4.25. The van der Waals surface area contributed by atoms with Gasteiger partial charge in [-0.25, -0.2) is 4.79 Å². The van der Waals surface area contributed by atoms with E-state index in [9.17, 15) is 4.79 Å². The Bertz CT molecular complexity index is 550. The monoisotopic (exact) mass is 337 g/mol. The van der Waals surface area contributed by atoms with Crippen LogP contribution < -0.4 is 10.6 Å². The predicted octanol–water partition coefficient (Wildman–Crippen LogP) is 0.587. The number of nitrogens with one attached hydrogen (secondary N) is 2. The lowest BCUT2D eigenvalue weighted by molar-refractivity contribution is 0.00221. The highest BCUT2D eigenvalue weighted by atomic mass is 16.5. The van der Waals surface area contributed by atoms with Crippen molar-refractivity contribution in [3.63, 3.8) is 0 Å². The molecule has 0 saturated carbocycles. The summed E-state index contributed by atoms with van der Waals surface area (Å²) in [5.41, 5.74) is 0.877. The number of carbonyl (C=O) groups is 1. The number of carbonyl (C=O) groups excluding carboxylic acids is 1. The van der Waals surface area contributed by atoms with E-state index in [0.29, 0.717) is 18.3 Å². The maximum absolute atomic E-state index is 12.2. The van der Waals surface area contributed by atoms with Gasteiger partial charge in [-0.15, -0.1) is 0 Å². The van der Waals surface area contributed by atoms with Crippen molar-refractivity contribution in [1.29, 1.82) is 0 Å². The van der Waals surface area contributed by atoms with Crippen molar-refractivity contribution in [2.75, 3.05) is 51.4 Å². The van der Waals surface area contributed by atoms with Crippen molar-refractivity contribution in [2.24, 2.45) is 13.0 Å². The van der Waals surface area contributed by atoms with Crippen molar-refractivity contribution in [3.05, 3.63) is 11.8 Å². The molecule has 3 rings (SSSR count). The third-order valence-corrected chi connectivity index (χ3v) is 4.74. The number of ether oxygens (including phenoxy) is 2. The Labute approximate surface area is 142 Å². The SMILES string of the molecule is Cc1cc(NC(=O)NC[C@@H]([C@@H]2CCOC2)N2CCOCC2)n(C)n1. The van der Waals surface area contributed by atoms with Gasteiger partial charge in [0.05, 0.1) is 25.5 Å². The molecule has 24 heavy (non-hydrogen) atoms. The molecule has 2 aliphatic rings. The molecule has 0 aliphatic carbocycles. The van der Waals surface area contributed by atoms with Gasteiger partial charge >= 0.3 is 6.03 Å². The molecule has 0 aromatic carbocycles. The number of hydrogen-bond acceptors (Lipinski definition) is 5. The van der Waals surface area contributed by atoms with E-state index < -0.39 is 0 Å². The topological polar surface area (TPSA) is 80.6 Å². The lowest BCUT2D eigenvalue weighted by Crippen LogP contribution is -2.52. The molecule has 0 spiro atoms. The van der Waals surface area contributed by atoms with E-state index in [4.69, 9.17) is 9.47 Å². The normalized spacial score (nSPS) is 23.2. The standard InChI is InChI=1S/C16H27N5O3/c1-12-9-15(20(2)19-12)18-16(22)17-10-14(13-3-6-24-11-13)21-4-7-23-8-5-21/h9,13-14H,3-8,10-11H2,1-2H3,(H2,17,18,22)/t13-,14+/m1/s1. The van der Waals surface area contributed by atoms with E-state index >= 15 is 0 Å². The van der Waals surface area contributed by atoms with Crippen LogP contribution in [-0.4, -0.2) is 72.8 Å². The Hall–Kier alpha value is -1.64. The fraction of sp³-hybridized carbons (Fsp3) is 0.750. The van der Waals surface area contributed by atoms with E-state index in [1.165, 1.54) is 0 Å². The van der Waals surface area contributed by atoms with Gasteiger partial charge in [-0.3, -0.25) is 14.9 Å². The van der Waals surface area contributed by atoms with Crippen LogP contribution >= 0.6 is 0 Å². The average molecular weight is 337 g/mol. The highest BCUT2D eigenvalue weighted by molar-refractivity contribution is 5.88. The van der Waals surface area contributed by atoms with Crippen LogP contribution in [0.5, 0.6) is 0 Å². The Morgan fingerprint density at radius 3 is 2.79 bits per heavy atom. The second kappa shape index (κ2) is 7.96. The molecule has 0 bridgehead atoms. The van der Waals surface area contributed by atoms with E-state index in [2.05, 4.69) is 20.6 Å². The zero-order valence-corrected chi connectivity index (χ0v) is 14.5. The maximum Gasteiger partial charge on any atom is 0.320 e. The average Bonchev–Trinajstić information content (AvgIpc) is 3.19. The highest BCUT2D eigenvalue weighted by Gasteiger charge is 2.31. The first kappa shape index (κ1) is 17.2. The number of morpholine rings is 1. The Balaban J connectivity index is 1.55. The minimum atomic E-state index is -0.199. The molecule has 2 amide bonds. The first-order valence-corrected chi connectivity index (χ1v) is 8.58. The van der Waals surface area contributed by atoms with Crippen LogP contribution in [0.3, 0.4) is 0 Å². The molecule has 8 nitrogen and oxygen atoms in total. The van der Waals surface area contributed by atoms with E-state index in [-0.39, 0.29) is 12.1 Å². The maximum atomic E-state index is 12.2. The first-order chi connectivity index (χ1) is 11.6. The van der Waals surface area contributed by atoms with Gasteiger partial charge in [0.1, 0.15) is 5.82 Å². The summed E-state index contributed by atoms with van der Waals surface area (Å²) in [5.74, 6) is 1.15. The zero-order chi connectivity index (χ0) is 16.9. The fourth-order valence-electron chi connectivity index (χ4n) is 3.44. The molecule has 8 heteroatoms. The lowest BCUT2D eigenvalue weighted by atomic mass is 9.97. The van der Waals surface area contributed by atoms with Gasteiger partial charge in [-0.2, -0.15) is 5.10 Å². The second-order valence-corrected chi connectivity index (χ2v) is 6.47. The summed E-state index contributed by atoms with van der Waals surface area (Å²) in [7, 11) is 1.81. The van der Waals surface area contributed by atoms with Crippen molar-refractivity contribution in [3.8, 4) is 0 Å². The molecule has 2 N–H and O–H groups in total. The summed E-state index contributed by atoms with van der Waals surface area (Å²) < 4.78 is 12.7. The van der Waals surface area contributed by atoms with Crippen LogP contribution in [0.2, 0.25) is 0 Å². The van der Waals surface area contributed by atoms with Crippen LogP contribution in [-0.2, 0) is 16.5 Å². The van der Waals surface area contributed by atoms with E-state index in [1.807, 2.05) is 20.0 Å². The van der Waals surface area contributed by atoms with Crippen LogP contribution in [0.15, 0.2) is 6.07 Å². The molecule has 2 aliphatic heterocycles. The Kier molecular flexibility index (Phi) is 5.70. The number of aromatic nitrogens is 2. The molecular formula is C16H27N5O3. The third-order valence-electron chi connectivity index (χ3n) is 4.74. The summed E-state index contributed by atoms with van der Waals surface area (Å²) in [5, 5.41) is 10.1. The van der Waals surface area contributed by atoms with Gasteiger partial charge in [0.25, 0.3) is 0 Å². The molecule has 2 atom stereocenters. The summed E-state index contributed by atoms with van der Waals surface area (Å²) in [4.78, 5) is 14.7. The smallest absolute Gasteiger partial charge is 0.320 e. The molecule has 0 unspecified atom stereocenters. The van der Waals surface area contributed by atoms with Gasteiger partial charge in [0, 0.05) is 51.3 Å². The van der Waals surface area contributed by atoms with Gasteiger partial charge < -0.3 is 14.8 Å². The minimum Gasteiger partial charge on any atom is -0.381 e. The second-order valence-electron chi connectivity index (χ2n) is 6.47. The minimum absolute atomic E-state index is 0.199. The van der Waals surface area contributed by atoms with Gasteiger partial charge in [0.15, 0.2) is 0 Å². The van der Waals surface area contributed by atoms with Gasteiger partial charge in [-0.1, -0.05) is 0 Å². The fourth-order valence-corrected chi connectivity index (χ4v) is 3.44. The summed E-state index contributed by atoms with van der Waals surface area (Å²) in [6.45, 7) is 7.42. The quantitative estimate of drug-likeness (QED) is 0.822. The number of anilines is 1. The van der Waals surface area contributed by atoms with Crippen LogP contribution in [0, 0.1) is 12.8 Å². The molecule has 0 radical (unpaired) electrons. The molecule has 134 valence electrons. The molecule has 2 saturated heterocycles. The molecule has 1 aromatic rings. The van der Waals surface area contributed by atoms with Gasteiger partial charge in [-0.05, 0) is 13.3 Å². The van der Waals surface area contributed by atoms with Crippen molar-refractivity contribution >= 4 is 11.8 Å². The molecule has 1 aromatic heterocycles. The zero-order valence-electron chi connectivity index (χ0n) is 14.5. The lowest BCUT2D eigenvalue weighted by Gasteiger charge is -2.37. The number of nitrogens with zero attached hydrogens (tertiary/aromatic N) is 3. The number of aryl methyl sites for hydroxylation is 2. The largest absolute Gasteiger partial charge is 0.381 e. The van der Waals surface area contributed by atoms with E-state index in [1.54, 1.807) is 4.68 Å². The van der Waals surface area contributed by atoms with Gasteiger partial charge in [0.2, 0.25) is 0 Å². The number of rotatable bonds is 5. The summed E-state index contributed by atoms with van der Waals surface area (Å²) in [6, 6.07) is 1.94. The van der Waals surface area contributed by atoms with Crippen molar-refractivity contribution < 1.29 is 14.3 Å².